The van der Waals surface area contributed by atoms with Gasteiger partial charge in [0.1, 0.15) is 5.82 Å². The van der Waals surface area contributed by atoms with Crippen LogP contribution in [0, 0.1) is 30.3 Å². The van der Waals surface area contributed by atoms with Crippen LogP contribution in [0.5, 0.6) is 0 Å². The van der Waals surface area contributed by atoms with E-state index in [2.05, 4.69) is 12.6 Å². The van der Waals surface area contributed by atoms with Gasteiger partial charge >= 0.3 is 0 Å². The first-order chi connectivity index (χ1) is 7.02. The van der Waals surface area contributed by atoms with Crippen molar-refractivity contribution in [3.8, 4) is 0 Å². The molecule has 2 rings (SSSR count). The monoisotopic (exact) mass is 232 g/mol. The molecule has 0 aliphatic heterocycles. The Hall–Kier alpha value is -0.640. The van der Waals surface area contributed by atoms with E-state index in [4.69, 9.17) is 0 Å². The van der Waals surface area contributed by atoms with E-state index in [9.17, 15) is 13.2 Å². The number of hydrogen-bond donors (Lipinski definition) is 1. The number of benzene rings is 1. The summed E-state index contributed by atoms with van der Waals surface area (Å²) in [5.41, 5.74) is -0.0295. The Kier molecular flexibility index (Phi) is 2.71. The molecule has 1 aliphatic rings. The number of thiol groups is 1. The maximum atomic E-state index is 13.6. The summed E-state index contributed by atoms with van der Waals surface area (Å²) in [6, 6.07) is 0. The molecule has 4 heteroatoms. The summed E-state index contributed by atoms with van der Waals surface area (Å²) in [6.07, 6.45) is 2.53. The maximum absolute atomic E-state index is 13.6. The van der Waals surface area contributed by atoms with Crippen molar-refractivity contribution < 1.29 is 13.2 Å². The average molecular weight is 232 g/mol. The minimum absolute atomic E-state index is 0.178. The lowest BCUT2D eigenvalue weighted by atomic mass is 10.0. The Morgan fingerprint density at radius 2 is 1.73 bits per heavy atom. The molecule has 0 atom stereocenters. The van der Waals surface area contributed by atoms with Gasteiger partial charge in [-0.3, -0.25) is 0 Å². The Bertz CT molecular complexity index is 382. The molecule has 0 amide bonds. The van der Waals surface area contributed by atoms with Gasteiger partial charge < -0.3 is 0 Å². The summed E-state index contributed by atoms with van der Waals surface area (Å²) in [5, 5.41) is 0. The predicted molar refractivity (Wildman–Crippen MR) is 54.7 cm³/mol. The molecule has 0 N–H and O–H groups in total. The normalized spacial score (nSPS) is 15.8. The molecule has 0 heterocycles. The molecule has 0 spiro atoms. The van der Waals surface area contributed by atoms with Crippen molar-refractivity contribution in [1.82, 2.24) is 0 Å². The summed E-state index contributed by atoms with van der Waals surface area (Å²) in [7, 11) is 0. The fourth-order valence-electron chi connectivity index (χ4n) is 1.62. The van der Waals surface area contributed by atoms with E-state index in [-0.39, 0.29) is 16.0 Å². The molecule has 0 bridgehead atoms. The van der Waals surface area contributed by atoms with Crippen LogP contribution in [0.15, 0.2) is 4.90 Å². The second kappa shape index (κ2) is 3.74. The zero-order valence-corrected chi connectivity index (χ0v) is 9.17. The summed E-state index contributed by atoms with van der Waals surface area (Å²) in [6.45, 7) is 1.25. The molecule has 1 saturated carbocycles. The van der Waals surface area contributed by atoms with Crippen molar-refractivity contribution in [2.24, 2.45) is 5.92 Å². The standard InChI is InChI=1S/C11H11F3S/c1-5-8(12)7(4-6-2-3-6)11(15)10(14)9(5)13/h6,15H,2-4H2,1H3. The van der Waals surface area contributed by atoms with Gasteiger partial charge in [0.15, 0.2) is 11.6 Å². The van der Waals surface area contributed by atoms with E-state index in [1.807, 2.05) is 0 Å². The van der Waals surface area contributed by atoms with Crippen molar-refractivity contribution in [3.63, 3.8) is 0 Å². The highest BCUT2D eigenvalue weighted by atomic mass is 32.1. The summed E-state index contributed by atoms with van der Waals surface area (Å²) >= 11 is 3.85. The molecule has 1 fully saturated rings. The minimum Gasteiger partial charge on any atom is -0.206 e. The van der Waals surface area contributed by atoms with E-state index in [1.165, 1.54) is 6.92 Å². The van der Waals surface area contributed by atoms with Gasteiger partial charge in [-0.2, -0.15) is 0 Å². The smallest absolute Gasteiger partial charge is 0.172 e. The molecule has 0 unspecified atom stereocenters. The molecule has 1 aromatic carbocycles. The van der Waals surface area contributed by atoms with Crippen LogP contribution in [0.2, 0.25) is 0 Å². The van der Waals surface area contributed by atoms with Crippen molar-refractivity contribution in [2.45, 2.75) is 31.1 Å². The molecule has 0 radical (unpaired) electrons. The Morgan fingerprint density at radius 1 is 1.13 bits per heavy atom. The predicted octanol–water partition coefficient (Wildman–Crippen LogP) is 3.65. The van der Waals surface area contributed by atoms with Crippen molar-refractivity contribution >= 4 is 12.6 Å². The first kappa shape index (κ1) is 10.9. The van der Waals surface area contributed by atoms with Gasteiger partial charge in [0, 0.05) is 16.0 Å². The third-order valence-electron chi connectivity index (χ3n) is 2.80. The highest BCUT2D eigenvalue weighted by Gasteiger charge is 2.27. The SMILES string of the molecule is Cc1c(F)c(F)c(S)c(CC2CC2)c1F. The summed E-state index contributed by atoms with van der Waals surface area (Å²) < 4.78 is 40.0. The zero-order valence-electron chi connectivity index (χ0n) is 8.28. The molecular weight excluding hydrogens is 221 g/mol. The Labute approximate surface area is 91.9 Å². The first-order valence-corrected chi connectivity index (χ1v) is 5.32. The zero-order chi connectivity index (χ0) is 11.2. The van der Waals surface area contributed by atoms with Crippen LogP contribution >= 0.6 is 12.6 Å². The highest BCUT2D eigenvalue weighted by molar-refractivity contribution is 7.80. The van der Waals surface area contributed by atoms with Crippen LogP contribution in [-0.4, -0.2) is 0 Å². The Balaban J connectivity index is 2.51. The Morgan fingerprint density at radius 3 is 2.27 bits per heavy atom. The fourth-order valence-corrected chi connectivity index (χ4v) is 1.91. The van der Waals surface area contributed by atoms with Crippen LogP contribution in [0.1, 0.15) is 24.0 Å². The van der Waals surface area contributed by atoms with E-state index >= 15 is 0 Å². The van der Waals surface area contributed by atoms with E-state index in [0.29, 0.717) is 12.3 Å². The molecule has 0 saturated heterocycles. The fraction of sp³-hybridized carbons (Fsp3) is 0.455. The van der Waals surface area contributed by atoms with Gasteiger partial charge in [-0.15, -0.1) is 12.6 Å². The van der Waals surface area contributed by atoms with Crippen molar-refractivity contribution in [3.05, 3.63) is 28.6 Å². The second-order valence-corrected chi connectivity index (χ2v) is 4.49. The van der Waals surface area contributed by atoms with Crippen molar-refractivity contribution in [2.75, 3.05) is 0 Å². The lowest BCUT2D eigenvalue weighted by molar-refractivity contribution is 0.460. The third-order valence-corrected chi connectivity index (χ3v) is 3.27. The van der Waals surface area contributed by atoms with Gasteiger partial charge in [-0.05, 0) is 32.1 Å². The second-order valence-electron chi connectivity index (χ2n) is 4.04. The molecule has 82 valence electrons. The lowest BCUT2D eigenvalue weighted by Crippen LogP contribution is -2.04. The van der Waals surface area contributed by atoms with E-state index < -0.39 is 17.5 Å². The first-order valence-electron chi connectivity index (χ1n) is 4.87. The van der Waals surface area contributed by atoms with Gasteiger partial charge in [0.25, 0.3) is 0 Å². The van der Waals surface area contributed by atoms with Gasteiger partial charge in [-0.25, -0.2) is 13.2 Å². The topological polar surface area (TPSA) is 0 Å². The quantitative estimate of drug-likeness (QED) is 0.584. The van der Waals surface area contributed by atoms with E-state index in [0.717, 1.165) is 12.8 Å². The van der Waals surface area contributed by atoms with Crippen LogP contribution in [0.3, 0.4) is 0 Å². The van der Waals surface area contributed by atoms with Crippen LogP contribution in [0.4, 0.5) is 13.2 Å². The molecule has 1 aliphatic carbocycles. The summed E-state index contributed by atoms with van der Waals surface area (Å²) in [4.78, 5) is -0.178. The maximum Gasteiger partial charge on any atom is 0.172 e. The van der Waals surface area contributed by atoms with Crippen LogP contribution < -0.4 is 0 Å². The van der Waals surface area contributed by atoms with Crippen molar-refractivity contribution in [1.29, 1.82) is 0 Å². The number of hydrogen-bond acceptors (Lipinski definition) is 1. The van der Waals surface area contributed by atoms with Crippen LogP contribution in [-0.2, 0) is 6.42 Å². The molecular formula is C11H11F3S. The molecule has 0 nitrogen and oxygen atoms in total. The van der Waals surface area contributed by atoms with Gasteiger partial charge in [0.05, 0.1) is 0 Å². The number of rotatable bonds is 2. The molecule has 0 aromatic heterocycles. The summed E-state index contributed by atoms with van der Waals surface area (Å²) in [5.74, 6) is -2.40. The molecule has 15 heavy (non-hydrogen) atoms. The minimum atomic E-state index is -1.13. The third kappa shape index (κ3) is 1.87. The average Bonchev–Trinajstić information content (AvgIpc) is 3.02. The van der Waals surface area contributed by atoms with Gasteiger partial charge in [0.2, 0.25) is 0 Å². The lowest BCUT2D eigenvalue weighted by Gasteiger charge is -2.10. The highest BCUT2D eigenvalue weighted by Crippen LogP contribution is 2.37. The van der Waals surface area contributed by atoms with Gasteiger partial charge in [-0.1, -0.05) is 0 Å². The number of halogens is 3. The van der Waals surface area contributed by atoms with Crippen LogP contribution in [0.25, 0.3) is 0 Å². The van der Waals surface area contributed by atoms with E-state index in [1.54, 1.807) is 0 Å². The largest absolute Gasteiger partial charge is 0.206 e. The molecule has 1 aromatic rings.